The van der Waals surface area contributed by atoms with Crippen LogP contribution in [0.25, 0.3) is 0 Å². The van der Waals surface area contributed by atoms with Crippen molar-refractivity contribution in [2.75, 3.05) is 25.4 Å². The molecule has 6 heteroatoms. The van der Waals surface area contributed by atoms with E-state index < -0.39 is 17.8 Å². The predicted octanol–water partition coefficient (Wildman–Crippen LogP) is 2.66. The highest BCUT2D eigenvalue weighted by molar-refractivity contribution is 5.50. The molecule has 0 radical (unpaired) electrons. The third-order valence-corrected chi connectivity index (χ3v) is 3.09. The van der Waals surface area contributed by atoms with Crippen LogP contribution < -0.4 is 5.73 Å². The summed E-state index contributed by atoms with van der Waals surface area (Å²) in [5, 5.41) is 9.98. The van der Waals surface area contributed by atoms with Gasteiger partial charge in [-0.2, -0.15) is 13.2 Å². The van der Waals surface area contributed by atoms with Crippen molar-refractivity contribution in [3.63, 3.8) is 0 Å². The van der Waals surface area contributed by atoms with Gasteiger partial charge in [0.15, 0.2) is 0 Å². The van der Waals surface area contributed by atoms with E-state index in [1.807, 2.05) is 18.7 Å². The fourth-order valence-electron chi connectivity index (χ4n) is 1.86. The first-order valence-corrected chi connectivity index (χ1v) is 6.16. The zero-order chi connectivity index (χ0) is 14.6. The largest absolute Gasteiger partial charge is 0.418 e. The first-order chi connectivity index (χ1) is 8.79. The molecule has 0 aromatic heterocycles. The van der Waals surface area contributed by atoms with Gasteiger partial charge >= 0.3 is 6.18 Å². The van der Waals surface area contributed by atoms with Gasteiger partial charge in [-0.05, 0) is 30.8 Å². The standard InChI is InChI=1S/C13H19F3N2O/c1-3-18(4-2)8-12(19)9-5-6-11(17)10(7-9)13(14,15)16/h5-7,12,19H,3-4,8,17H2,1-2H3. The smallest absolute Gasteiger partial charge is 0.398 e. The van der Waals surface area contributed by atoms with E-state index in [4.69, 9.17) is 5.73 Å². The topological polar surface area (TPSA) is 49.5 Å². The van der Waals surface area contributed by atoms with Gasteiger partial charge in [-0.15, -0.1) is 0 Å². The highest BCUT2D eigenvalue weighted by atomic mass is 19.4. The number of nitrogens with two attached hydrogens (primary N) is 1. The molecule has 0 spiro atoms. The highest BCUT2D eigenvalue weighted by Gasteiger charge is 2.33. The van der Waals surface area contributed by atoms with Crippen molar-refractivity contribution in [1.29, 1.82) is 0 Å². The second-order valence-electron chi connectivity index (χ2n) is 4.35. The monoisotopic (exact) mass is 276 g/mol. The summed E-state index contributed by atoms with van der Waals surface area (Å²) in [5.41, 5.74) is 4.32. The van der Waals surface area contributed by atoms with E-state index in [9.17, 15) is 18.3 Å². The van der Waals surface area contributed by atoms with E-state index in [0.29, 0.717) is 6.54 Å². The van der Waals surface area contributed by atoms with E-state index >= 15 is 0 Å². The Bertz CT molecular complexity index is 417. The summed E-state index contributed by atoms with van der Waals surface area (Å²) in [6.45, 7) is 5.62. The van der Waals surface area contributed by atoms with Crippen LogP contribution in [0.1, 0.15) is 31.1 Å². The lowest BCUT2D eigenvalue weighted by Crippen LogP contribution is -2.28. The molecule has 1 aromatic rings. The summed E-state index contributed by atoms with van der Waals surface area (Å²) in [4.78, 5) is 1.94. The Morgan fingerprint density at radius 3 is 2.32 bits per heavy atom. The van der Waals surface area contributed by atoms with Crippen LogP contribution in [0.4, 0.5) is 18.9 Å². The number of aliphatic hydroxyl groups is 1. The molecule has 0 bridgehead atoms. The maximum absolute atomic E-state index is 12.7. The molecule has 0 saturated carbocycles. The van der Waals surface area contributed by atoms with Crippen molar-refractivity contribution < 1.29 is 18.3 Å². The number of halogens is 3. The number of nitrogen functional groups attached to an aromatic ring is 1. The van der Waals surface area contributed by atoms with Crippen molar-refractivity contribution in [1.82, 2.24) is 4.90 Å². The van der Waals surface area contributed by atoms with E-state index in [-0.39, 0.29) is 11.3 Å². The molecule has 0 amide bonds. The van der Waals surface area contributed by atoms with Crippen molar-refractivity contribution in [3.8, 4) is 0 Å². The first kappa shape index (κ1) is 15.8. The minimum absolute atomic E-state index is 0.230. The number of hydrogen-bond acceptors (Lipinski definition) is 3. The van der Waals surface area contributed by atoms with E-state index in [2.05, 4.69) is 0 Å². The number of aliphatic hydroxyl groups excluding tert-OH is 1. The normalized spacial score (nSPS) is 13.8. The average molecular weight is 276 g/mol. The molecule has 1 unspecified atom stereocenters. The van der Waals surface area contributed by atoms with Crippen molar-refractivity contribution in [3.05, 3.63) is 29.3 Å². The molecule has 0 aliphatic heterocycles. The summed E-state index contributed by atoms with van der Waals surface area (Å²) < 4.78 is 38.1. The predicted molar refractivity (Wildman–Crippen MR) is 68.6 cm³/mol. The van der Waals surface area contributed by atoms with Crippen molar-refractivity contribution in [2.45, 2.75) is 26.1 Å². The van der Waals surface area contributed by atoms with Gasteiger partial charge in [0, 0.05) is 12.2 Å². The molecular weight excluding hydrogens is 257 g/mol. The van der Waals surface area contributed by atoms with Crippen LogP contribution in [-0.4, -0.2) is 29.6 Å². The zero-order valence-corrected chi connectivity index (χ0v) is 11.0. The van der Waals surface area contributed by atoms with E-state index in [1.165, 1.54) is 12.1 Å². The molecule has 3 N–H and O–H groups in total. The lowest BCUT2D eigenvalue weighted by Gasteiger charge is -2.22. The summed E-state index contributed by atoms with van der Waals surface area (Å²) in [6, 6.07) is 3.53. The average Bonchev–Trinajstić information content (AvgIpc) is 2.34. The number of alkyl halides is 3. The Morgan fingerprint density at radius 2 is 1.84 bits per heavy atom. The SMILES string of the molecule is CCN(CC)CC(O)c1ccc(N)c(C(F)(F)F)c1. The van der Waals surface area contributed by atoms with Gasteiger partial charge in [-0.25, -0.2) is 0 Å². The third-order valence-electron chi connectivity index (χ3n) is 3.09. The van der Waals surface area contributed by atoms with Crippen molar-refractivity contribution in [2.24, 2.45) is 0 Å². The quantitative estimate of drug-likeness (QED) is 0.813. The number of likely N-dealkylation sites (N-methyl/N-ethyl adjacent to an activating group) is 1. The molecule has 0 fully saturated rings. The summed E-state index contributed by atoms with van der Waals surface area (Å²) in [7, 11) is 0. The molecule has 0 heterocycles. The number of rotatable bonds is 5. The van der Waals surface area contributed by atoms with Crippen LogP contribution in [0, 0.1) is 0 Å². The Hall–Kier alpha value is -1.27. The molecule has 1 rings (SSSR count). The van der Waals surface area contributed by atoms with Gasteiger partial charge < -0.3 is 15.7 Å². The fourth-order valence-corrected chi connectivity index (χ4v) is 1.86. The first-order valence-electron chi connectivity index (χ1n) is 6.16. The Kier molecular flexibility index (Phi) is 5.20. The van der Waals surface area contributed by atoms with E-state index in [1.54, 1.807) is 0 Å². The molecule has 1 aromatic carbocycles. The number of nitrogens with zero attached hydrogens (tertiary/aromatic N) is 1. The van der Waals surface area contributed by atoms with Gasteiger partial charge in [0.25, 0.3) is 0 Å². The van der Waals surface area contributed by atoms with Gasteiger partial charge in [0.05, 0.1) is 11.7 Å². The third kappa shape index (κ3) is 4.11. The fraction of sp³-hybridized carbons (Fsp3) is 0.538. The summed E-state index contributed by atoms with van der Waals surface area (Å²) in [5.74, 6) is 0. The maximum Gasteiger partial charge on any atom is 0.418 e. The van der Waals surface area contributed by atoms with E-state index in [0.717, 1.165) is 19.2 Å². The number of benzene rings is 1. The Balaban J connectivity index is 2.96. The second-order valence-corrected chi connectivity index (χ2v) is 4.35. The van der Waals surface area contributed by atoms with Gasteiger partial charge in [0.1, 0.15) is 0 Å². The summed E-state index contributed by atoms with van der Waals surface area (Å²) in [6.07, 6.45) is -5.46. The van der Waals surface area contributed by atoms with Crippen LogP contribution >= 0.6 is 0 Å². The molecule has 0 aliphatic rings. The zero-order valence-electron chi connectivity index (χ0n) is 11.0. The van der Waals surface area contributed by atoms with Crippen LogP contribution in [-0.2, 0) is 6.18 Å². The van der Waals surface area contributed by atoms with Crippen molar-refractivity contribution >= 4 is 5.69 Å². The van der Waals surface area contributed by atoms with Crippen LogP contribution in [0.15, 0.2) is 18.2 Å². The minimum atomic E-state index is -4.50. The van der Waals surface area contributed by atoms with Gasteiger partial charge in [-0.1, -0.05) is 19.9 Å². The molecule has 108 valence electrons. The van der Waals surface area contributed by atoms with Crippen LogP contribution in [0.2, 0.25) is 0 Å². The second kappa shape index (κ2) is 6.25. The Labute approximate surface area is 110 Å². The molecule has 0 aliphatic carbocycles. The van der Waals surface area contributed by atoms with Crippen LogP contribution in [0.3, 0.4) is 0 Å². The highest BCUT2D eigenvalue weighted by Crippen LogP contribution is 2.35. The molecule has 3 nitrogen and oxygen atoms in total. The van der Waals surface area contributed by atoms with Gasteiger partial charge in [-0.3, -0.25) is 0 Å². The van der Waals surface area contributed by atoms with Crippen LogP contribution in [0.5, 0.6) is 0 Å². The minimum Gasteiger partial charge on any atom is -0.398 e. The van der Waals surface area contributed by atoms with Gasteiger partial charge in [0.2, 0.25) is 0 Å². The Morgan fingerprint density at radius 1 is 1.26 bits per heavy atom. The lowest BCUT2D eigenvalue weighted by atomic mass is 10.0. The molecular formula is C13H19F3N2O. The molecule has 0 saturated heterocycles. The summed E-state index contributed by atoms with van der Waals surface area (Å²) >= 11 is 0. The molecule has 1 atom stereocenters. The maximum atomic E-state index is 12.7. The lowest BCUT2D eigenvalue weighted by molar-refractivity contribution is -0.137. The number of anilines is 1. The number of hydrogen-bond donors (Lipinski definition) is 2. The molecule has 19 heavy (non-hydrogen) atoms.